The highest BCUT2D eigenvalue weighted by molar-refractivity contribution is 7.92. The summed E-state index contributed by atoms with van der Waals surface area (Å²) in [6, 6.07) is 31.2. The van der Waals surface area contributed by atoms with Crippen molar-refractivity contribution in [3.8, 4) is 11.1 Å². The van der Waals surface area contributed by atoms with E-state index in [0.29, 0.717) is 11.3 Å². The Labute approximate surface area is 210 Å². The van der Waals surface area contributed by atoms with Crippen molar-refractivity contribution in [2.24, 2.45) is 0 Å². The van der Waals surface area contributed by atoms with E-state index in [0.717, 1.165) is 11.1 Å². The summed E-state index contributed by atoms with van der Waals surface area (Å²) in [6.07, 6.45) is 0. The van der Waals surface area contributed by atoms with E-state index in [4.69, 9.17) is 4.74 Å². The number of ketones is 1. The van der Waals surface area contributed by atoms with Crippen LogP contribution < -0.4 is 4.31 Å². The van der Waals surface area contributed by atoms with E-state index in [1.165, 1.54) is 28.6 Å². The third-order valence-corrected chi connectivity index (χ3v) is 7.54. The number of sulfonamides is 1. The molecule has 0 aliphatic carbocycles. The fourth-order valence-electron chi connectivity index (χ4n) is 3.77. The Morgan fingerprint density at radius 1 is 0.722 bits per heavy atom. The van der Waals surface area contributed by atoms with Crippen LogP contribution in [0.3, 0.4) is 0 Å². The molecule has 36 heavy (non-hydrogen) atoms. The Morgan fingerprint density at radius 2 is 1.33 bits per heavy atom. The molecule has 4 aromatic rings. The van der Waals surface area contributed by atoms with E-state index in [9.17, 15) is 18.0 Å². The van der Waals surface area contributed by atoms with E-state index in [1.54, 1.807) is 49.4 Å². The van der Waals surface area contributed by atoms with Gasteiger partial charge in [0.05, 0.1) is 16.1 Å². The molecule has 0 aromatic heterocycles. The van der Waals surface area contributed by atoms with Gasteiger partial charge in [-0.3, -0.25) is 9.10 Å². The number of para-hydroxylation sites is 1. The van der Waals surface area contributed by atoms with Crippen LogP contribution in [0, 0.1) is 0 Å². The molecule has 7 heteroatoms. The molecule has 4 rings (SSSR count). The molecular formula is C29H25NO5S. The van der Waals surface area contributed by atoms with Crippen LogP contribution in [0.15, 0.2) is 114 Å². The van der Waals surface area contributed by atoms with Gasteiger partial charge in [-0.1, -0.05) is 78.9 Å². The van der Waals surface area contributed by atoms with Crippen molar-refractivity contribution in [1.29, 1.82) is 0 Å². The summed E-state index contributed by atoms with van der Waals surface area (Å²) >= 11 is 0. The second kappa shape index (κ2) is 11.0. The molecule has 0 atom stereocenters. The van der Waals surface area contributed by atoms with Crippen molar-refractivity contribution in [2.75, 3.05) is 17.5 Å². The number of ether oxygens (including phenoxy) is 1. The molecule has 0 unspecified atom stereocenters. The van der Waals surface area contributed by atoms with Crippen molar-refractivity contribution in [2.45, 2.75) is 11.8 Å². The first-order valence-electron chi connectivity index (χ1n) is 11.4. The van der Waals surface area contributed by atoms with Crippen LogP contribution in [-0.2, 0) is 14.8 Å². The van der Waals surface area contributed by atoms with E-state index in [1.807, 2.05) is 42.5 Å². The van der Waals surface area contributed by atoms with Gasteiger partial charge in [-0.05, 0) is 48.4 Å². The molecule has 0 heterocycles. The van der Waals surface area contributed by atoms with Crippen LogP contribution >= 0.6 is 0 Å². The summed E-state index contributed by atoms with van der Waals surface area (Å²) in [6.45, 7) is 1.50. The Bertz CT molecular complexity index is 1450. The normalized spacial score (nSPS) is 11.0. The molecule has 0 aliphatic heterocycles. The molecule has 182 valence electrons. The second-order valence-corrected chi connectivity index (χ2v) is 9.84. The standard InChI is InChI=1S/C29H25NO5S/c1-2-30(26-13-7-4-8-14-26)36(33,34)27-15-9-12-25(20-27)29(32)35-21-28(31)24-18-16-23(17-19-24)22-10-5-3-6-11-22/h3-20H,2,21H2,1H3. The highest BCUT2D eigenvalue weighted by Crippen LogP contribution is 2.24. The van der Waals surface area contributed by atoms with Gasteiger partial charge >= 0.3 is 5.97 Å². The van der Waals surface area contributed by atoms with Crippen molar-refractivity contribution in [3.63, 3.8) is 0 Å². The minimum atomic E-state index is -3.90. The fourth-order valence-corrected chi connectivity index (χ4v) is 5.29. The second-order valence-electron chi connectivity index (χ2n) is 7.98. The van der Waals surface area contributed by atoms with Crippen LogP contribution in [0.25, 0.3) is 11.1 Å². The van der Waals surface area contributed by atoms with Gasteiger partial charge in [0, 0.05) is 12.1 Å². The predicted molar refractivity (Wildman–Crippen MR) is 140 cm³/mol. The zero-order valence-corrected chi connectivity index (χ0v) is 20.5. The summed E-state index contributed by atoms with van der Waals surface area (Å²) < 4.78 is 32.9. The summed E-state index contributed by atoms with van der Waals surface area (Å²) in [7, 11) is -3.90. The van der Waals surface area contributed by atoms with Crippen LogP contribution in [0.4, 0.5) is 5.69 Å². The summed E-state index contributed by atoms with van der Waals surface area (Å²) in [5, 5.41) is 0. The van der Waals surface area contributed by atoms with Gasteiger partial charge in [0.15, 0.2) is 12.4 Å². The number of anilines is 1. The monoisotopic (exact) mass is 499 g/mol. The van der Waals surface area contributed by atoms with Gasteiger partial charge in [-0.15, -0.1) is 0 Å². The molecule has 0 aliphatic rings. The SMILES string of the molecule is CCN(c1ccccc1)S(=O)(=O)c1cccc(C(=O)OCC(=O)c2ccc(-c3ccccc3)cc2)c1. The van der Waals surface area contributed by atoms with Crippen molar-refractivity contribution in [3.05, 3.63) is 120 Å². The molecule has 6 nitrogen and oxygen atoms in total. The molecule has 0 spiro atoms. The lowest BCUT2D eigenvalue weighted by Crippen LogP contribution is -2.30. The summed E-state index contributed by atoms with van der Waals surface area (Å²) in [5.41, 5.74) is 3.00. The average Bonchev–Trinajstić information content (AvgIpc) is 2.93. The number of carbonyl (C=O) groups is 2. The molecule has 0 saturated heterocycles. The highest BCUT2D eigenvalue weighted by Gasteiger charge is 2.25. The van der Waals surface area contributed by atoms with Crippen LogP contribution in [0.2, 0.25) is 0 Å². The van der Waals surface area contributed by atoms with Gasteiger partial charge in [0.25, 0.3) is 10.0 Å². The summed E-state index contributed by atoms with van der Waals surface area (Å²) in [5.74, 6) is -1.13. The van der Waals surface area contributed by atoms with Crippen LogP contribution in [-0.4, -0.2) is 33.3 Å². The lowest BCUT2D eigenvalue weighted by molar-refractivity contribution is 0.0474. The Balaban J connectivity index is 1.44. The number of rotatable bonds is 9. The first kappa shape index (κ1) is 24.9. The van der Waals surface area contributed by atoms with E-state index in [-0.39, 0.29) is 22.8 Å². The number of hydrogen-bond acceptors (Lipinski definition) is 5. The van der Waals surface area contributed by atoms with Gasteiger partial charge in [0.1, 0.15) is 0 Å². The Kier molecular flexibility index (Phi) is 7.61. The van der Waals surface area contributed by atoms with Gasteiger partial charge < -0.3 is 4.74 Å². The Hall–Kier alpha value is -4.23. The molecular weight excluding hydrogens is 474 g/mol. The molecule has 0 amide bonds. The molecule has 0 radical (unpaired) electrons. The number of benzene rings is 4. The lowest BCUT2D eigenvalue weighted by atomic mass is 10.0. The minimum absolute atomic E-state index is 0.0366. The maximum Gasteiger partial charge on any atom is 0.338 e. The van der Waals surface area contributed by atoms with Crippen LogP contribution in [0.5, 0.6) is 0 Å². The minimum Gasteiger partial charge on any atom is -0.454 e. The Morgan fingerprint density at radius 3 is 1.97 bits per heavy atom. The molecule has 0 bridgehead atoms. The average molecular weight is 500 g/mol. The molecule has 4 aromatic carbocycles. The number of carbonyl (C=O) groups excluding carboxylic acids is 2. The molecule has 0 N–H and O–H groups in total. The first-order valence-corrected chi connectivity index (χ1v) is 12.9. The van der Waals surface area contributed by atoms with E-state index >= 15 is 0 Å². The largest absolute Gasteiger partial charge is 0.454 e. The van der Waals surface area contributed by atoms with Crippen LogP contribution in [0.1, 0.15) is 27.6 Å². The smallest absolute Gasteiger partial charge is 0.338 e. The van der Waals surface area contributed by atoms with Crippen molar-refractivity contribution < 1.29 is 22.7 Å². The summed E-state index contributed by atoms with van der Waals surface area (Å²) in [4.78, 5) is 25.1. The number of hydrogen-bond donors (Lipinski definition) is 0. The number of nitrogens with zero attached hydrogens (tertiary/aromatic N) is 1. The topological polar surface area (TPSA) is 80.8 Å². The maximum atomic E-state index is 13.2. The van der Waals surface area contributed by atoms with E-state index < -0.39 is 22.6 Å². The molecule has 0 fully saturated rings. The van der Waals surface area contributed by atoms with E-state index in [2.05, 4.69) is 0 Å². The third-order valence-electron chi connectivity index (χ3n) is 5.64. The lowest BCUT2D eigenvalue weighted by Gasteiger charge is -2.23. The maximum absolute atomic E-state index is 13.2. The zero-order chi connectivity index (χ0) is 25.5. The molecule has 0 saturated carbocycles. The first-order chi connectivity index (χ1) is 17.4. The number of Topliss-reactive ketones (excluding diaryl/α,β-unsaturated/α-hetero) is 1. The quantitative estimate of drug-likeness (QED) is 0.221. The zero-order valence-electron chi connectivity index (χ0n) is 19.7. The number of esters is 1. The van der Waals surface area contributed by atoms with Crippen molar-refractivity contribution in [1.82, 2.24) is 0 Å². The predicted octanol–water partition coefficient (Wildman–Crippen LogP) is 5.61. The van der Waals surface area contributed by atoms with Gasteiger partial charge in [-0.25, -0.2) is 13.2 Å². The van der Waals surface area contributed by atoms with Gasteiger partial charge in [-0.2, -0.15) is 0 Å². The highest BCUT2D eigenvalue weighted by atomic mass is 32.2. The van der Waals surface area contributed by atoms with Gasteiger partial charge in [0.2, 0.25) is 0 Å². The third kappa shape index (κ3) is 5.53. The van der Waals surface area contributed by atoms with Crippen molar-refractivity contribution >= 4 is 27.5 Å². The fraction of sp³-hybridized carbons (Fsp3) is 0.103.